The standard InChI is InChI=1S/C25H29NO4/c1-14(2)29-24(27)21-16(5)26-17(6)22(25(28)30-15(3)4)23(21)20-13-9-11-18-10-7-8-12-19(18)20/h7-15,21,23H,1-6H3. The molecule has 0 N–H and O–H groups in total. The average molecular weight is 408 g/mol. The summed E-state index contributed by atoms with van der Waals surface area (Å²) < 4.78 is 11.1. The molecule has 30 heavy (non-hydrogen) atoms. The molecule has 0 radical (unpaired) electrons. The fourth-order valence-electron chi connectivity index (χ4n) is 4.05. The van der Waals surface area contributed by atoms with Crippen molar-refractivity contribution in [3.8, 4) is 0 Å². The Morgan fingerprint density at radius 2 is 1.53 bits per heavy atom. The van der Waals surface area contributed by atoms with Crippen LogP contribution in [0.25, 0.3) is 10.8 Å². The van der Waals surface area contributed by atoms with Crippen LogP contribution in [0.4, 0.5) is 0 Å². The number of ether oxygens (including phenoxy) is 2. The Bertz CT molecular complexity index is 1030. The predicted molar refractivity (Wildman–Crippen MR) is 118 cm³/mol. The third kappa shape index (κ3) is 4.30. The molecule has 0 fully saturated rings. The molecule has 1 aliphatic rings. The second kappa shape index (κ2) is 8.82. The van der Waals surface area contributed by atoms with Crippen LogP contribution in [0.15, 0.2) is 58.7 Å². The molecule has 2 aromatic carbocycles. The summed E-state index contributed by atoms with van der Waals surface area (Å²) in [6.45, 7) is 10.9. The van der Waals surface area contributed by atoms with Gasteiger partial charge in [0.2, 0.25) is 0 Å². The zero-order valence-corrected chi connectivity index (χ0v) is 18.4. The van der Waals surface area contributed by atoms with Gasteiger partial charge in [0.1, 0.15) is 5.92 Å². The molecule has 0 aromatic heterocycles. The molecular weight excluding hydrogens is 378 g/mol. The number of carbonyl (C=O) groups excluding carboxylic acids is 2. The van der Waals surface area contributed by atoms with E-state index in [4.69, 9.17) is 9.47 Å². The first-order valence-electron chi connectivity index (χ1n) is 10.4. The third-order valence-electron chi connectivity index (χ3n) is 5.16. The van der Waals surface area contributed by atoms with Crippen molar-refractivity contribution in [2.24, 2.45) is 10.9 Å². The first-order valence-corrected chi connectivity index (χ1v) is 10.4. The molecule has 2 unspecified atom stereocenters. The zero-order chi connectivity index (χ0) is 22.0. The molecule has 0 saturated carbocycles. The van der Waals surface area contributed by atoms with E-state index in [2.05, 4.69) is 4.99 Å². The molecule has 2 aromatic rings. The van der Waals surface area contributed by atoms with Crippen LogP contribution in [0.2, 0.25) is 0 Å². The van der Waals surface area contributed by atoms with Crippen molar-refractivity contribution < 1.29 is 19.1 Å². The van der Waals surface area contributed by atoms with E-state index in [9.17, 15) is 9.59 Å². The van der Waals surface area contributed by atoms with E-state index in [0.29, 0.717) is 17.0 Å². The van der Waals surface area contributed by atoms with Gasteiger partial charge in [-0.1, -0.05) is 42.5 Å². The van der Waals surface area contributed by atoms with Crippen molar-refractivity contribution in [3.05, 3.63) is 59.3 Å². The number of esters is 2. The number of fused-ring (bicyclic) bond motifs is 1. The van der Waals surface area contributed by atoms with Gasteiger partial charge in [-0.3, -0.25) is 9.79 Å². The van der Waals surface area contributed by atoms with Gasteiger partial charge in [-0.05, 0) is 57.9 Å². The van der Waals surface area contributed by atoms with Gasteiger partial charge in [0.05, 0.1) is 17.8 Å². The summed E-state index contributed by atoms with van der Waals surface area (Å²) in [5.74, 6) is -2.06. The molecule has 1 heterocycles. The van der Waals surface area contributed by atoms with Gasteiger partial charge in [-0.15, -0.1) is 0 Å². The Morgan fingerprint density at radius 3 is 2.20 bits per heavy atom. The SMILES string of the molecule is CC1=NC(C)=C(C(=O)OC(C)C)C(c2cccc3ccccc23)C1C(=O)OC(C)C. The van der Waals surface area contributed by atoms with Crippen molar-refractivity contribution in [2.75, 3.05) is 0 Å². The minimum atomic E-state index is -0.698. The van der Waals surface area contributed by atoms with Gasteiger partial charge in [0.25, 0.3) is 0 Å². The molecule has 3 rings (SSSR count). The minimum absolute atomic E-state index is 0.267. The number of allylic oxidation sites excluding steroid dienone is 1. The van der Waals surface area contributed by atoms with Crippen LogP contribution in [0.5, 0.6) is 0 Å². The summed E-state index contributed by atoms with van der Waals surface area (Å²) in [6, 6.07) is 13.9. The number of benzene rings is 2. The van der Waals surface area contributed by atoms with Gasteiger partial charge in [-0.2, -0.15) is 0 Å². The van der Waals surface area contributed by atoms with E-state index in [-0.39, 0.29) is 18.2 Å². The summed E-state index contributed by atoms with van der Waals surface area (Å²) in [6.07, 6.45) is -0.546. The van der Waals surface area contributed by atoms with Gasteiger partial charge in [0.15, 0.2) is 0 Å². The molecule has 0 bridgehead atoms. The maximum Gasteiger partial charge on any atom is 0.336 e. The van der Waals surface area contributed by atoms with Crippen LogP contribution in [-0.4, -0.2) is 29.9 Å². The number of carbonyl (C=O) groups is 2. The van der Waals surface area contributed by atoms with E-state index in [1.807, 2.05) is 77.1 Å². The number of rotatable bonds is 5. The van der Waals surface area contributed by atoms with E-state index < -0.39 is 17.8 Å². The largest absolute Gasteiger partial charge is 0.462 e. The maximum atomic E-state index is 13.2. The lowest BCUT2D eigenvalue weighted by Gasteiger charge is -2.33. The second-order valence-electron chi connectivity index (χ2n) is 8.22. The molecule has 5 heteroatoms. The quantitative estimate of drug-likeness (QED) is 0.640. The van der Waals surface area contributed by atoms with Crippen LogP contribution in [0.3, 0.4) is 0 Å². The number of hydrogen-bond acceptors (Lipinski definition) is 5. The summed E-state index contributed by atoms with van der Waals surface area (Å²) in [4.78, 5) is 30.8. The molecule has 1 aliphatic heterocycles. The highest BCUT2D eigenvalue weighted by atomic mass is 16.5. The fourth-order valence-corrected chi connectivity index (χ4v) is 4.05. The number of hydrogen-bond donors (Lipinski definition) is 0. The lowest BCUT2D eigenvalue weighted by Crippen LogP contribution is -2.37. The van der Waals surface area contributed by atoms with Gasteiger partial charge >= 0.3 is 11.9 Å². The Labute approximate surface area is 177 Å². The van der Waals surface area contributed by atoms with Crippen molar-refractivity contribution in [3.63, 3.8) is 0 Å². The van der Waals surface area contributed by atoms with Gasteiger partial charge in [-0.25, -0.2) is 4.79 Å². The Balaban J connectivity index is 2.25. The van der Waals surface area contributed by atoms with Crippen molar-refractivity contribution in [2.45, 2.75) is 59.7 Å². The highest BCUT2D eigenvalue weighted by Gasteiger charge is 2.43. The molecule has 2 atom stereocenters. The van der Waals surface area contributed by atoms with Crippen LogP contribution < -0.4 is 0 Å². The summed E-state index contributed by atoms with van der Waals surface area (Å²) in [5, 5.41) is 2.03. The van der Waals surface area contributed by atoms with Crippen LogP contribution in [0, 0.1) is 5.92 Å². The van der Waals surface area contributed by atoms with Crippen molar-refractivity contribution in [1.82, 2.24) is 0 Å². The first kappa shape index (κ1) is 21.8. The number of aliphatic imine (C=N–C) groups is 1. The highest BCUT2D eigenvalue weighted by molar-refractivity contribution is 6.08. The maximum absolute atomic E-state index is 13.2. The highest BCUT2D eigenvalue weighted by Crippen LogP contribution is 2.42. The van der Waals surface area contributed by atoms with E-state index in [1.54, 1.807) is 6.92 Å². The normalized spacial score (nSPS) is 19.3. The first-order chi connectivity index (χ1) is 14.2. The van der Waals surface area contributed by atoms with Gasteiger partial charge in [0, 0.05) is 17.3 Å². The molecule has 0 saturated heterocycles. The second-order valence-corrected chi connectivity index (χ2v) is 8.22. The van der Waals surface area contributed by atoms with Gasteiger partial charge < -0.3 is 9.47 Å². The Morgan fingerprint density at radius 1 is 0.900 bits per heavy atom. The average Bonchev–Trinajstić information content (AvgIpc) is 2.65. The van der Waals surface area contributed by atoms with E-state index in [0.717, 1.165) is 16.3 Å². The molecule has 158 valence electrons. The number of nitrogens with zero attached hydrogens (tertiary/aromatic N) is 1. The topological polar surface area (TPSA) is 65.0 Å². The lowest BCUT2D eigenvalue weighted by molar-refractivity contribution is -0.150. The minimum Gasteiger partial charge on any atom is -0.462 e. The van der Waals surface area contributed by atoms with E-state index in [1.165, 1.54) is 0 Å². The Hall–Kier alpha value is -2.95. The van der Waals surface area contributed by atoms with E-state index >= 15 is 0 Å². The van der Waals surface area contributed by atoms with Crippen LogP contribution in [-0.2, 0) is 19.1 Å². The van der Waals surface area contributed by atoms with Crippen molar-refractivity contribution in [1.29, 1.82) is 0 Å². The smallest absolute Gasteiger partial charge is 0.336 e. The molecular formula is C25H29NO4. The molecule has 0 aliphatic carbocycles. The van der Waals surface area contributed by atoms with Crippen molar-refractivity contribution >= 4 is 28.4 Å². The summed E-state index contributed by atoms with van der Waals surface area (Å²) in [5.41, 5.74) is 2.52. The molecule has 5 nitrogen and oxygen atoms in total. The zero-order valence-electron chi connectivity index (χ0n) is 18.4. The third-order valence-corrected chi connectivity index (χ3v) is 5.16. The summed E-state index contributed by atoms with van der Waals surface area (Å²) in [7, 11) is 0. The fraction of sp³-hybridized carbons (Fsp3) is 0.400. The predicted octanol–water partition coefficient (Wildman–Crippen LogP) is 5.19. The molecule has 0 spiro atoms. The lowest BCUT2D eigenvalue weighted by atomic mass is 9.74. The van der Waals surface area contributed by atoms with Crippen LogP contribution in [0.1, 0.15) is 53.0 Å². The molecule has 0 amide bonds. The summed E-state index contributed by atoms with van der Waals surface area (Å²) >= 11 is 0. The monoisotopic (exact) mass is 407 g/mol. The Kier molecular flexibility index (Phi) is 6.40. The van der Waals surface area contributed by atoms with Crippen LogP contribution >= 0.6 is 0 Å².